The van der Waals surface area contributed by atoms with Crippen molar-refractivity contribution in [2.24, 2.45) is 5.73 Å². The van der Waals surface area contributed by atoms with Gasteiger partial charge in [0.25, 0.3) is 0 Å². The highest BCUT2D eigenvalue weighted by atomic mass is 15.3. The summed E-state index contributed by atoms with van der Waals surface area (Å²) >= 11 is 0. The zero-order valence-electron chi connectivity index (χ0n) is 11.4. The van der Waals surface area contributed by atoms with E-state index >= 15 is 0 Å². The van der Waals surface area contributed by atoms with Crippen LogP contribution in [0, 0.1) is 6.92 Å². The molecule has 2 aromatic rings. The first-order chi connectivity index (χ1) is 9.26. The topological polar surface area (TPSA) is 61.7 Å². The molecule has 0 unspecified atom stereocenters. The maximum absolute atomic E-state index is 5.67. The highest BCUT2D eigenvalue weighted by Gasteiger charge is 2.17. The fourth-order valence-corrected chi connectivity index (χ4v) is 2.84. The summed E-state index contributed by atoms with van der Waals surface area (Å²) in [6, 6.07) is 2.70. The summed E-state index contributed by atoms with van der Waals surface area (Å²) in [6.07, 6.45) is 9.31. The molecule has 1 saturated carbocycles. The SMILES string of the molecule is Cc1nn(Cc2ccn(C3CCCC3)n2)cc1CN. The zero-order valence-corrected chi connectivity index (χ0v) is 11.4. The van der Waals surface area contributed by atoms with Gasteiger partial charge in [-0.1, -0.05) is 12.8 Å². The molecule has 102 valence electrons. The number of aromatic nitrogens is 4. The molecule has 3 rings (SSSR count). The quantitative estimate of drug-likeness (QED) is 0.913. The minimum Gasteiger partial charge on any atom is -0.326 e. The molecular formula is C14H21N5. The maximum atomic E-state index is 5.67. The van der Waals surface area contributed by atoms with Crippen LogP contribution in [0.5, 0.6) is 0 Å². The van der Waals surface area contributed by atoms with Crippen LogP contribution in [0.2, 0.25) is 0 Å². The van der Waals surface area contributed by atoms with Crippen molar-refractivity contribution in [2.45, 2.75) is 51.7 Å². The summed E-state index contributed by atoms with van der Waals surface area (Å²) in [5, 5.41) is 9.15. The van der Waals surface area contributed by atoms with Crippen LogP contribution in [0.3, 0.4) is 0 Å². The molecular weight excluding hydrogens is 238 g/mol. The average molecular weight is 259 g/mol. The van der Waals surface area contributed by atoms with Crippen molar-refractivity contribution in [3.63, 3.8) is 0 Å². The fraction of sp³-hybridized carbons (Fsp3) is 0.571. The molecule has 1 aliphatic carbocycles. The molecule has 2 N–H and O–H groups in total. The monoisotopic (exact) mass is 259 g/mol. The Morgan fingerprint density at radius 3 is 2.79 bits per heavy atom. The second kappa shape index (κ2) is 5.17. The molecule has 0 radical (unpaired) electrons. The van der Waals surface area contributed by atoms with Gasteiger partial charge in [-0.15, -0.1) is 0 Å². The van der Waals surface area contributed by atoms with Gasteiger partial charge < -0.3 is 5.73 Å². The summed E-state index contributed by atoms with van der Waals surface area (Å²) in [7, 11) is 0. The van der Waals surface area contributed by atoms with Crippen LogP contribution in [-0.4, -0.2) is 19.6 Å². The van der Waals surface area contributed by atoms with E-state index in [1.807, 2.05) is 17.8 Å². The average Bonchev–Trinajstić information content (AvgIpc) is 3.09. The summed E-state index contributed by atoms with van der Waals surface area (Å²) in [6.45, 7) is 3.26. The first kappa shape index (κ1) is 12.4. The number of hydrogen-bond acceptors (Lipinski definition) is 3. The molecule has 0 amide bonds. The largest absolute Gasteiger partial charge is 0.326 e. The molecule has 5 heteroatoms. The minimum absolute atomic E-state index is 0.544. The Morgan fingerprint density at radius 1 is 1.32 bits per heavy atom. The van der Waals surface area contributed by atoms with E-state index in [-0.39, 0.29) is 0 Å². The van der Waals surface area contributed by atoms with Crippen LogP contribution in [0.4, 0.5) is 0 Å². The van der Waals surface area contributed by atoms with Gasteiger partial charge in [-0.2, -0.15) is 10.2 Å². The van der Waals surface area contributed by atoms with E-state index < -0.39 is 0 Å². The van der Waals surface area contributed by atoms with Crippen molar-refractivity contribution in [3.05, 3.63) is 35.4 Å². The Kier molecular flexibility index (Phi) is 3.38. The molecule has 0 saturated heterocycles. The summed E-state index contributed by atoms with van der Waals surface area (Å²) < 4.78 is 4.06. The number of rotatable bonds is 4. The van der Waals surface area contributed by atoms with Crippen LogP contribution in [0.1, 0.15) is 48.7 Å². The van der Waals surface area contributed by atoms with Crippen LogP contribution >= 0.6 is 0 Å². The summed E-state index contributed by atoms with van der Waals surface area (Å²) in [5.74, 6) is 0. The number of nitrogens with zero attached hydrogens (tertiary/aromatic N) is 4. The Morgan fingerprint density at radius 2 is 2.11 bits per heavy atom. The second-order valence-electron chi connectivity index (χ2n) is 5.37. The molecule has 0 bridgehead atoms. The van der Waals surface area contributed by atoms with Crippen molar-refractivity contribution in [2.75, 3.05) is 0 Å². The number of hydrogen-bond donors (Lipinski definition) is 1. The summed E-state index contributed by atoms with van der Waals surface area (Å²) in [5.41, 5.74) is 8.86. The lowest BCUT2D eigenvalue weighted by atomic mass is 10.3. The van der Waals surface area contributed by atoms with Crippen LogP contribution < -0.4 is 5.73 Å². The standard InChI is InChI=1S/C14H21N5/c1-11-12(8-15)9-18(16-11)10-13-6-7-19(17-13)14-4-2-3-5-14/h6-7,9,14H,2-5,8,10,15H2,1H3. The first-order valence-electron chi connectivity index (χ1n) is 7.03. The lowest BCUT2D eigenvalue weighted by molar-refractivity contribution is 0.460. The third kappa shape index (κ3) is 2.56. The Labute approximate surface area is 113 Å². The van der Waals surface area contributed by atoms with E-state index in [0.717, 1.165) is 23.5 Å². The van der Waals surface area contributed by atoms with Crippen molar-refractivity contribution in [1.29, 1.82) is 0 Å². The predicted molar refractivity (Wildman–Crippen MR) is 73.7 cm³/mol. The maximum Gasteiger partial charge on any atom is 0.0850 e. The minimum atomic E-state index is 0.544. The van der Waals surface area contributed by atoms with E-state index in [9.17, 15) is 0 Å². The van der Waals surface area contributed by atoms with Crippen LogP contribution in [0.15, 0.2) is 18.5 Å². The van der Waals surface area contributed by atoms with Gasteiger partial charge in [0.15, 0.2) is 0 Å². The molecule has 0 atom stereocenters. The zero-order chi connectivity index (χ0) is 13.2. The third-order valence-corrected chi connectivity index (χ3v) is 3.95. The van der Waals surface area contributed by atoms with Crippen LogP contribution in [0.25, 0.3) is 0 Å². The lowest BCUT2D eigenvalue weighted by Gasteiger charge is -2.08. The molecule has 2 heterocycles. The fourth-order valence-electron chi connectivity index (χ4n) is 2.84. The molecule has 5 nitrogen and oxygen atoms in total. The Bertz CT molecular complexity index is 548. The van der Waals surface area contributed by atoms with Gasteiger partial charge in [-0.3, -0.25) is 9.36 Å². The van der Waals surface area contributed by atoms with E-state index in [1.54, 1.807) is 0 Å². The van der Waals surface area contributed by atoms with Crippen LogP contribution in [-0.2, 0) is 13.1 Å². The van der Waals surface area contributed by atoms with Gasteiger partial charge in [0.1, 0.15) is 0 Å². The van der Waals surface area contributed by atoms with E-state index in [2.05, 4.69) is 27.1 Å². The van der Waals surface area contributed by atoms with Crippen molar-refractivity contribution in [1.82, 2.24) is 19.6 Å². The third-order valence-electron chi connectivity index (χ3n) is 3.95. The van der Waals surface area contributed by atoms with Gasteiger partial charge in [0.2, 0.25) is 0 Å². The number of nitrogens with two attached hydrogens (primary N) is 1. The first-order valence-corrected chi connectivity index (χ1v) is 7.03. The van der Waals surface area contributed by atoms with Gasteiger partial charge in [0, 0.05) is 24.5 Å². The highest BCUT2D eigenvalue weighted by Crippen LogP contribution is 2.28. The Hall–Kier alpha value is -1.62. The molecule has 1 aliphatic rings. The second-order valence-corrected chi connectivity index (χ2v) is 5.37. The van der Waals surface area contributed by atoms with Gasteiger partial charge in [0.05, 0.1) is 24.0 Å². The molecule has 1 fully saturated rings. The van der Waals surface area contributed by atoms with Gasteiger partial charge in [-0.05, 0) is 25.8 Å². The molecule has 19 heavy (non-hydrogen) atoms. The number of aryl methyl sites for hydroxylation is 1. The van der Waals surface area contributed by atoms with Gasteiger partial charge >= 0.3 is 0 Å². The van der Waals surface area contributed by atoms with Crippen molar-refractivity contribution in [3.8, 4) is 0 Å². The molecule has 2 aromatic heterocycles. The summed E-state index contributed by atoms with van der Waals surface area (Å²) in [4.78, 5) is 0. The van der Waals surface area contributed by atoms with E-state index in [4.69, 9.17) is 5.73 Å². The normalized spacial score (nSPS) is 16.3. The molecule has 0 spiro atoms. The van der Waals surface area contributed by atoms with Gasteiger partial charge in [-0.25, -0.2) is 0 Å². The molecule has 0 aliphatic heterocycles. The van der Waals surface area contributed by atoms with E-state index in [1.165, 1.54) is 25.7 Å². The smallest absolute Gasteiger partial charge is 0.0850 e. The van der Waals surface area contributed by atoms with Crippen molar-refractivity contribution < 1.29 is 0 Å². The van der Waals surface area contributed by atoms with Crippen molar-refractivity contribution >= 4 is 0 Å². The highest BCUT2D eigenvalue weighted by molar-refractivity contribution is 5.15. The molecule has 0 aromatic carbocycles. The Balaban J connectivity index is 1.72. The van der Waals surface area contributed by atoms with E-state index in [0.29, 0.717) is 12.6 Å². The predicted octanol–water partition coefficient (Wildman–Crippen LogP) is 2.01. The lowest BCUT2D eigenvalue weighted by Crippen LogP contribution is -2.07.